The second-order valence-electron chi connectivity index (χ2n) is 6.01. The van der Waals surface area contributed by atoms with Crippen molar-refractivity contribution < 1.29 is 18.0 Å². The van der Waals surface area contributed by atoms with Crippen LogP contribution in [0, 0.1) is 11.8 Å². The molecule has 0 heterocycles. The van der Waals surface area contributed by atoms with Crippen molar-refractivity contribution in [1.82, 2.24) is 5.32 Å². The Morgan fingerprint density at radius 1 is 1.25 bits per heavy atom. The Morgan fingerprint density at radius 2 is 1.96 bits per heavy atom. The zero-order valence-corrected chi connectivity index (χ0v) is 14.5. The van der Waals surface area contributed by atoms with Gasteiger partial charge < -0.3 is 10.6 Å². The van der Waals surface area contributed by atoms with Gasteiger partial charge in [-0.1, -0.05) is 31.9 Å². The molecule has 1 aromatic rings. The molecule has 0 bridgehead atoms. The second kappa shape index (κ2) is 9.28. The number of amides is 1. The summed E-state index contributed by atoms with van der Waals surface area (Å²) in [6.07, 6.45) is -2.76. The first-order chi connectivity index (χ1) is 10.9. The Bertz CT molecular complexity index is 537. The lowest BCUT2D eigenvalue weighted by Crippen LogP contribution is -2.39. The number of hydrogen-bond donors (Lipinski definition) is 2. The zero-order chi connectivity index (χ0) is 16.9. The van der Waals surface area contributed by atoms with Crippen LogP contribution in [0.1, 0.15) is 38.2 Å². The van der Waals surface area contributed by atoms with Crippen molar-refractivity contribution in [2.45, 2.75) is 45.3 Å². The molecular weight excluding hydrogens is 341 g/mol. The van der Waals surface area contributed by atoms with Crippen molar-refractivity contribution in [1.29, 1.82) is 0 Å². The molecule has 2 N–H and O–H groups in total. The molecule has 0 saturated heterocycles. The highest BCUT2D eigenvalue weighted by Gasteiger charge is 2.48. The lowest BCUT2D eigenvalue weighted by Gasteiger charge is -2.32. The van der Waals surface area contributed by atoms with Crippen molar-refractivity contribution >= 4 is 24.0 Å². The molecule has 2 rings (SSSR count). The van der Waals surface area contributed by atoms with Gasteiger partial charge in [-0.15, -0.1) is 12.4 Å². The number of carbonyl (C=O) groups is 1. The molecule has 7 heteroatoms. The molecule has 136 valence electrons. The largest absolute Gasteiger partial charge is 0.392 e. The van der Waals surface area contributed by atoms with Crippen LogP contribution in [-0.2, 0) is 11.3 Å². The van der Waals surface area contributed by atoms with Crippen LogP contribution in [0.25, 0.3) is 0 Å². The summed E-state index contributed by atoms with van der Waals surface area (Å²) in [6.45, 7) is 3.48. The summed E-state index contributed by atoms with van der Waals surface area (Å²) in [5, 5.41) is 5.84. The Hall–Kier alpha value is -1.27. The molecule has 0 radical (unpaired) electrons. The quantitative estimate of drug-likeness (QED) is 0.806. The lowest BCUT2D eigenvalue weighted by atomic mass is 9.78. The SMILES string of the molecule is CCNCc1cccc(NC(=O)C2CCCCC2C(F)(F)F)c1.Cl. The molecule has 1 fully saturated rings. The van der Waals surface area contributed by atoms with Gasteiger partial charge >= 0.3 is 6.18 Å². The van der Waals surface area contributed by atoms with Gasteiger partial charge in [0.1, 0.15) is 0 Å². The molecule has 3 nitrogen and oxygen atoms in total. The van der Waals surface area contributed by atoms with E-state index < -0.39 is 23.9 Å². The van der Waals surface area contributed by atoms with Crippen LogP contribution in [0.3, 0.4) is 0 Å². The van der Waals surface area contributed by atoms with Crippen LogP contribution >= 0.6 is 12.4 Å². The highest BCUT2D eigenvalue weighted by atomic mass is 35.5. The summed E-state index contributed by atoms with van der Waals surface area (Å²) in [6, 6.07) is 7.21. The highest BCUT2D eigenvalue weighted by Crippen LogP contribution is 2.41. The number of alkyl halides is 3. The van der Waals surface area contributed by atoms with Gasteiger partial charge in [0.05, 0.1) is 5.92 Å². The zero-order valence-electron chi connectivity index (χ0n) is 13.7. The average molecular weight is 365 g/mol. The number of halogens is 4. The van der Waals surface area contributed by atoms with Crippen molar-refractivity contribution in [2.24, 2.45) is 11.8 Å². The standard InChI is InChI=1S/C17H23F3N2O.ClH/c1-2-21-11-12-6-5-7-13(10-12)22-16(23)14-8-3-4-9-15(14)17(18,19)20;/h5-7,10,14-15,21H,2-4,8-9,11H2,1H3,(H,22,23);1H. The predicted octanol–water partition coefficient (Wildman–Crippen LogP) is 4.53. The average Bonchev–Trinajstić information content (AvgIpc) is 2.52. The van der Waals surface area contributed by atoms with E-state index in [4.69, 9.17) is 0 Å². The third-order valence-electron chi connectivity index (χ3n) is 4.30. The minimum Gasteiger partial charge on any atom is -0.326 e. The first-order valence-corrected chi connectivity index (χ1v) is 8.09. The van der Waals surface area contributed by atoms with Gasteiger partial charge in [0.25, 0.3) is 0 Å². The highest BCUT2D eigenvalue weighted by molar-refractivity contribution is 5.92. The van der Waals surface area contributed by atoms with Gasteiger partial charge in [-0.25, -0.2) is 0 Å². The second-order valence-corrected chi connectivity index (χ2v) is 6.01. The van der Waals surface area contributed by atoms with Crippen molar-refractivity contribution in [3.05, 3.63) is 29.8 Å². The van der Waals surface area contributed by atoms with Crippen molar-refractivity contribution in [3.63, 3.8) is 0 Å². The van der Waals surface area contributed by atoms with Crippen molar-refractivity contribution in [3.8, 4) is 0 Å². The fraction of sp³-hybridized carbons (Fsp3) is 0.588. The molecule has 1 aromatic carbocycles. The molecule has 0 aliphatic heterocycles. The number of anilines is 1. The fourth-order valence-electron chi connectivity index (χ4n) is 3.10. The van der Waals surface area contributed by atoms with Gasteiger partial charge in [0, 0.05) is 18.2 Å². The van der Waals surface area contributed by atoms with E-state index in [0.717, 1.165) is 12.1 Å². The number of carbonyl (C=O) groups excluding carboxylic acids is 1. The fourth-order valence-corrected chi connectivity index (χ4v) is 3.10. The minimum atomic E-state index is -4.31. The maximum absolute atomic E-state index is 13.1. The molecule has 2 unspecified atom stereocenters. The Morgan fingerprint density at radius 3 is 2.62 bits per heavy atom. The van der Waals surface area contributed by atoms with E-state index in [1.54, 1.807) is 18.2 Å². The van der Waals surface area contributed by atoms with Crippen LogP contribution in [0.4, 0.5) is 18.9 Å². The molecule has 1 amide bonds. The molecular formula is C17H24ClF3N2O. The normalized spacial score (nSPS) is 21.0. The molecule has 0 spiro atoms. The van der Waals surface area contributed by atoms with E-state index >= 15 is 0 Å². The topological polar surface area (TPSA) is 41.1 Å². The van der Waals surface area contributed by atoms with Crippen LogP contribution < -0.4 is 10.6 Å². The van der Waals surface area contributed by atoms with Crippen molar-refractivity contribution in [2.75, 3.05) is 11.9 Å². The molecule has 2 atom stereocenters. The predicted molar refractivity (Wildman–Crippen MR) is 91.2 cm³/mol. The van der Waals surface area contributed by atoms with Gasteiger partial charge in [-0.05, 0) is 37.1 Å². The number of hydrogen-bond acceptors (Lipinski definition) is 2. The smallest absolute Gasteiger partial charge is 0.326 e. The number of benzene rings is 1. The summed E-state index contributed by atoms with van der Waals surface area (Å²) in [5.41, 5.74) is 1.54. The Labute approximate surface area is 146 Å². The van der Waals surface area contributed by atoms with Crippen LogP contribution in [0.15, 0.2) is 24.3 Å². The minimum absolute atomic E-state index is 0. The Balaban J connectivity index is 0.00000288. The van der Waals surface area contributed by atoms with Gasteiger partial charge in [0.2, 0.25) is 5.91 Å². The maximum atomic E-state index is 13.1. The van der Waals surface area contributed by atoms with E-state index in [2.05, 4.69) is 10.6 Å². The molecule has 24 heavy (non-hydrogen) atoms. The lowest BCUT2D eigenvalue weighted by molar-refractivity contribution is -0.197. The monoisotopic (exact) mass is 364 g/mol. The first kappa shape index (κ1) is 20.8. The molecule has 1 aliphatic rings. The van der Waals surface area contributed by atoms with Gasteiger partial charge in [0.15, 0.2) is 0 Å². The third-order valence-corrected chi connectivity index (χ3v) is 4.30. The van der Waals surface area contributed by atoms with Crippen LogP contribution in [0.5, 0.6) is 0 Å². The maximum Gasteiger partial charge on any atom is 0.392 e. The summed E-state index contributed by atoms with van der Waals surface area (Å²) < 4.78 is 39.3. The summed E-state index contributed by atoms with van der Waals surface area (Å²) in [7, 11) is 0. The molecule has 0 aromatic heterocycles. The molecule has 1 saturated carbocycles. The van der Waals surface area contributed by atoms with E-state index in [1.807, 2.05) is 13.0 Å². The Kier molecular flexibility index (Phi) is 8.03. The van der Waals surface area contributed by atoms with E-state index in [9.17, 15) is 18.0 Å². The summed E-state index contributed by atoms with van der Waals surface area (Å²) in [5.74, 6) is -3.03. The van der Waals surface area contributed by atoms with Crippen LogP contribution in [-0.4, -0.2) is 18.6 Å². The third kappa shape index (κ3) is 5.67. The van der Waals surface area contributed by atoms with Gasteiger partial charge in [-0.3, -0.25) is 4.79 Å². The van der Waals surface area contributed by atoms with Gasteiger partial charge in [-0.2, -0.15) is 13.2 Å². The van der Waals surface area contributed by atoms with E-state index in [0.29, 0.717) is 31.5 Å². The first-order valence-electron chi connectivity index (χ1n) is 8.09. The summed E-state index contributed by atoms with van der Waals surface area (Å²) >= 11 is 0. The van der Waals surface area contributed by atoms with E-state index in [-0.39, 0.29) is 18.8 Å². The number of rotatable bonds is 5. The van der Waals surface area contributed by atoms with Crippen LogP contribution in [0.2, 0.25) is 0 Å². The number of nitrogens with one attached hydrogen (secondary N) is 2. The van der Waals surface area contributed by atoms with E-state index in [1.165, 1.54) is 0 Å². The summed E-state index contributed by atoms with van der Waals surface area (Å²) in [4.78, 5) is 12.3. The molecule has 1 aliphatic carbocycles.